The van der Waals surface area contributed by atoms with Gasteiger partial charge in [-0.2, -0.15) is 0 Å². The zero-order valence-corrected chi connectivity index (χ0v) is 12.3. The Morgan fingerprint density at radius 3 is 2.84 bits per heavy atom. The van der Waals surface area contributed by atoms with E-state index in [-0.39, 0.29) is 12.6 Å². The molecular formula is C14H21N3OS. The Hall–Kier alpha value is -1.17. The molecule has 104 valence electrons. The van der Waals surface area contributed by atoms with Gasteiger partial charge in [0, 0.05) is 35.9 Å². The van der Waals surface area contributed by atoms with Gasteiger partial charge in [-0.3, -0.25) is 4.90 Å². The van der Waals surface area contributed by atoms with Crippen LogP contribution < -0.4 is 0 Å². The molecule has 0 spiro atoms. The van der Waals surface area contributed by atoms with E-state index in [1.165, 1.54) is 4.88 Å². The van der Waals surface area contributed by atoms with Crippen LogP contribution >= 0.6 is 11.3 Å². The largest absolute Gasteiger partial charge is 0.395 e. The second-order valence-electron chi connectivity index (χ2n) is 4.72. The minimum atomic E-state index is 0.186. The summed E-state index contributed by atoms with van der Waals surface area (Å²) in [5.74, 6) is 0.933. The maximum atomic E-state index is 9.54. The smallest absolute Gasteiger partial charge is 0.103 e. The summed E-state index contributed by atoms with van der Waals surface area (Å²) >= 11 is 1.76. The third-order valence-corrected chi connectivity index (χ3v) is 4.13. The number of aryl methyl sites for hydroxylation is 1. The Labute approximate surface area is 118 Å². The van der Waals surface area contributed by atoms with E-state index in [1.807, 2.05) is 13.1 Å². The number of hydrogen-bond donors (Lipinski definition) is 2. The molecule has 2 N–H and O–H groups in total. The zero-order chi connectivity index (χ0) is 13.7. The number of nitrogens with one attached hydrogen (secondary N) is 1. The van der Waals surface area contributed by atoms with Crippen molar-refractivity contribution in [1.29, 1.82) is 0 Å². The molecule has 2 rings (SSSR count). The average molecular weight is 279 g/mol. The first-order valence-electron chi connectivity index (χ1n) is 6.60. The fourth-order valence-electron chi connectivity index (χ4n) is 2.19. The van der Waals surface area contributed by atoms with Crippen molar-refractivity contribution in [3.8, 4) is 0 Å². The third kappa shape index (κ3) is 3.89. The number of rotatable bonds is 7. The van der Waals surface area contributed by atoms with E-state index < -0.39 is 0 Å². The summed E-state index contributed by atoms with van der Waals surface area (Å²) < 4.78 is 0. The number of H-pyrrole nitrogens is 1. The molecule has 0 radical (unpaired) electrons. The lowest BCUT2D eigenvalue weighted by atomic mass is 10.2. The van der Waals surface area contributed by atoms with Gasteiger partial charge in [-0.25, -0.2) is 4.98 Å². The molecular weight excluding hydrogens is 258 g/mol. The van der Waals surface area contributed by atoms with Gasteiger partial charge >= 0.3 is 0 Å². The van der Waals surface area contributed by atoms with Gasteiger partial charge in [-0.15, -0.1) is 11.3 Å². The molecule has 0 bridgehead atoms. The molecule has 0 fully saturated rings. The summed E-state index contributed by atoms with van der Waals surface area (Å²) in [5.41, 5.74) is 1.10. The van der Waals surface area contributed by atoms with E-state index in [0.717, 1.165) is 31.0 Å². The lowest BCUT2D eigenvalue weighted by Gasteiger charge is -2.28. The zero-order valence-electron chi connectivity index (χ0n) is 11.5. The first-order chi connectivity index (χ1) is 9.22. The van der Waals surface area contributed by atoms with E-state index in [9.17, 15) is 5.11 Å². The Morgan fingerprint density at radius 1 is 1.47 bits per heavy atom. The molecule has 0 aromatic carbocycles. The molecule has 0 unspecified atom stereocenters. The van der Waals surface area contributed by atoms with Crippen LogP contribution in [0.4, 0.5) is 0 Å². The van der Waals surface area contributed by atoms with Gasteiger partial charge in [0.1, 0.15) is 5.82 Å². The van der Waals surface area contributed by atoms with Crippen molar-refractivity contribution in [2.45, 2.75) is 39.4 Å². The van der Waals surface area contributed by atoms with Gasteiger partial charge in [-0.1, -0.05) is 13.0 Å². The molecule has 4 nitrogen and oxygen atoms in total. The van der Waals surface area contributed by atoms with Crippen molar-refractivity contribution in [2.75, 3.05) is 6.61 Å². The molecule has 19 heavy (non-hydrogen) atoms. The van der Waals surface area contributed by atoms with Crippen molar-refractivity contribution in [2.24, 2.45) is 0 Å². The van der Waals surface area contributed by atoms with Crippen LogP contribution in [0, 0.1) is 6.92 Å². The predicted octanol–water partition coefficient (Wildman–Crippen LogP) is 2.55. The number of aliphatic hydroxyl groups is 1. The molecule has 0 aliphatic heterocycles. The molecule has 2 heterocycles. The Balaban J connectivity index is 2.09. The van der Waals surface area contributed by atoms with E-state index in [2.05, 4.69) is 39.3 Å². The Morgan fingerprint density at radius 2 is 2.32 bits per heavy atom. The van der Waals surface area contributed by atoms with Crippen LogP contribution in [0.5, 0.6) is 0 Å². The summed E-state index contributed by atoms with van der Waals surface area (Å²) in [6.07, 6.45) is 2.82. The standard InChI is InChI=1S/C14H21N3OS/c1-3-13(10-18)17(9-14-5-4-6-19-14)8-12-7-15-11(2)16-12/h4-7,13,18H,3,8-10H2,1-2H3,(H,15,16)/t13-/m0/s1. The van der Waals surface area contributed by atoms with Crippen LogP contribution in [0.3, 0.4) is 0 Å². The number of aromatic amines is 1. The maximum absolute atomic E-state index is 9.54. The van der Waals surface area contributed by atoms with Crippen molar-refractivity contribution in [3.63, 3.8) is 0 Å². The lowest BCUT2D eigenvalue weighted by Crippen LogP contribution is -2.36. The normalized spacial score (nSPS) is 13.1. The second kappa shape index (κ2) is 6.84. The number of thiophene rings is 1. The molecule has 1 atom stereocenters. The fourth-order valence-corrected chi connectivity index (χ4v) is 2.92. The number of aromatic nitrogens is 2. The van der Waals surface area contributed by atoms with Gasteiger partial charge in [0.15, 0.2) is 0 Å². The molecule has 0 saturated heterocycles. The highest BCUT2D eigenvalue weighted by Crippen LogP contribution is 2.17. The summed E-state index contributed by atoms with van der Waals surface area (Å²) in [6.45, 7) is 5.92. The third-order valence-electron chi connectivity index (χ3n) is 3.27. The summed E-state index contributed by atoms with van der Waals surface area (Å²) in [6, 6.07) is 4.39. The summed E-state index contributed by atoms with van der Waals surface area (Å²) in [7, 11) is 0. The van der Waals surface area contributed by atoms with E-state index in [4.69, 9.17) is 0 Å². The van der Waals surface area contributed by atoms with Gasteiger partial charge in [-0.05, 0) is 24.8 Å². The average Bonchev–Trinajstić information content (AvgIpc) is 3.03. The highest BCUT2D eigenvalue weighted by Gasteiger charge is 2.18. The van der Waals surface area contributed by atoms with E-state index in [0.29, 0.717) is 0 Å². The SMILES string of the molecule is CC[C@@H](CO)N(Cc1cnc(C)[nH]1)Cc1cccs1. The predicted molar refractivity (Wildman–Crippen MR) is 78.1 cm³/mol. The first kappa shape index (κ1) is 14.2. The highest BCUT2D eigenvalue weighted by molar-refractivity contribution is 7.09. The van der Waals surface area contributed by atoms with Crippen molar-refractivity contribution < 1.29 is 5.11 Å². The number of imidazole rings is 1. The van der Waals surface area contributed by atoms with Crippen LogP contribution in [-0.2, 0) is 13.1 Å². The minimum Gasteiger partial charge on any atom is -0.395 e. The summed E-state index contributed by atoms with van der Waals surface area (Å²) in [5, 5.41) is 11.6. The fraction of sp³-hybridized carbons (Fsp3) is 0.500. The quantitative estimate of drug-likeness (QED) is 0.819. The van der Waals surface area contributed by atoms with Crippen LogP contribution in [0.2, 0.25) is 0 Å². The lowest BCUT2D eigenvalue weighted by molar-refractivity contribution is 0.106. The van der Waals surface area contributed by atoms with Gasteiger partial charge < -0.3 is 10.1 Å². The number of aliphatic hydroxyl groups excluding tert-OH is 1. The first-order valence-corrected chi connectivity index (χ1v) is 7.48. The Kier molecular flexibility index (Phi) is 5.13. The van der Waals surface area contributed by atoms with Crippen molar-refractivity contribution in [1.82, 2.24) is 14.9 Å². The summed E-state index contributed by atoms with van der Waals surface area (Å²) in [4.78, 5) is 11.1. The topological polar surface area (TPSA) is 52.1 Å². The van der Waals surface area contributed by atoms with Gasteiger partial charge in [0.05, 0.1) is 6.61 Å². The Bertz CT molecular complexity index is 477. The molecule has 2 aromatic heterocycles. The van der Waals surface area contributed by atoms with Gasteiger partial charge in [0.2, 0.25) is 0 Å². The molecule has 0 aliphatic rings. The van der Waals surface area contributed by atoms with Crippen molar-refractivity contribution >= 4 is 11.3 Å². The monoisotopic (exact) mass is 279 g/mol. The maximum Gasteiger partial charge on any atom is 0.103 e. The van der Waals surface area contributed by atoms with Crippen LogP contribution in [0.15, 0.2) is 23.7 Å². The van der Waals surface area contributed by atoms with Crippen LogP contribution in [0.25, 0.3) is 0 Å². The highest BCUT2D eigenvalue weighted by atomic mass is 32.1. The molecule has 0 saturated carbocycles. The van der Waals surface area contributed by atoms with Crippen molar-refractivity contribution in [3.05, 3.63) is 40.1 Å². The van der Waals surface area contributed by atoms with Gasteiger partial charge in [0.25, 0.3) is 0 Å². The molecule has 0 amide bonds. The van der Waals surface area contributed by atoms with Crippen LogP contribution in [0.1, 0.15) is 29.7 Å². The second-order valence-corrected chi connectivity index (χ2v) is 5.76. The number of hydrogen-bond acceptors (Lipinski definition) is 4. The number of nitrogens with zero attached hydrogens (tertiary/aromatic N) is 2. The van der Waals surface area contributed by atoms with E-state index >= 15 is 0 Å². The van der Waals surface area contributed by atoms with E-state index in [1.54, 1.807) is 11.3 Å². The molecule has 5 heteroatoms. The minimum absolute atomic E-state index is 0.186. The molecule has 2 aromatic rings. The molecule has 0 aliphatic carbocycles. The van der Waals surface area contributed by atoms with Crippen LogP contribution in [-0.4, -0.2) is 32.6 Å².